The van der Waals surface area contributed by atoms with Gasteiger partial charge in [0.25, 0.3) is 0 Å². The summed E-state index contributed by atoms with van der Waals surface area (Å²) < 4.78 is 32.4. The van der Waals surface area contributed by atoms with Gasteiger partial charge >= 0.3 is 0 Å². The molecule has 0 aromatic heterocycles. The lowest BCUT2D eigenvalue weighted by Gasteiger charge is -2.46. The molecule has 1 aromatic carbocycles. The molecular formula is C15H19F2NO. The smallest absolute Gasteiger partial charge is 0.131 e. The maximum absolute atomic E-state index is 14.0. The molecule has 1 aliphatic heterocycles. The Balaban J connectivity index is 1.81. The average molecular weight is 267 g/mol. The second-order valence-corrected chi connectivity index (χ2v) is 5.59. The highest BCUT2D eigenvalue weighted by molar-refractivity contribution is 5.29. The molecule has 2 nitrogen and oxygen atoms in total. The van der Waals surface area contributed by atoms with Gasteiger partial charge in [-0.25, -0.2) is 8.78 Å². The third kappa shape index (κ3) is 2.51. The van der Waals surface area contributed by atoms with Crippen molar-refractivity contribution in [2.45, 2.75) is 43.7 Å². The minimum atomic E-state index is -0.512. The lowest BCUT2D eigenvalue weighted by atomic mass is 9.71. The Morgan fingerprint density at radius 3 is 2.47 bits per heavy atom. The molecule has 0 atom stereocenters. The van der Waals surface area contributed by atoms with Gasteiger partial charge in [0, 0.05) is 36.4 Å². The number of halogens is 2. The van der Waals surface area contributed by atoms with Crippen LogP contribution in [0.2, 0.25) is 0 Å². The van der Waals surface area contributed by atoms with E-state index in [4.69, 9.17) is 4.74 Å². The summed E-state index contributed by atoms with van der Waals surface area (Å²) in [6.07, 6.45) is 4.86. The van der Waals surface area contributed by atoms with E-state index in [-0.39, 0.29) is 5.54 Å². The quantitative estimate of drug-likeness (QED) is 0.908. The van der Waals surface area contributed by atoms with Crippen LogP contribution < -0.4 is 5.32 Å². The normalized spacial score (nSPS) is 23.1. The molecule has 1 aromatic rings. The van der Waals surface area contributed by atoms with Crippen molar-refractivity contribution in [2.24, 2.45) is 0 Å². The third-order valence-electron chi connectivity index (χ3n) is 4.36. The largest absolute Gasteiger partial charge is 0.381 e. The van der Waals surface area contributed by atoms with E-state index in [1.54, 1.807) is 6.07 Å². The standard InChI is InChI=1S/C15H19F2NO/c16-11-2-3-13(14(17)10-11)15(6-1-7-15)18-12-4-8-19-9-5-12/h2-3,10,12,18H,1,4-9H2. The van der Waals surface area contributed by atoms with E-state index in [2.05, 4.69) is 5.32 Å². The minimum absolute atomic E-state index is 0.292. The highest BCUT2D eigenvalue weighted by Crippen LogP contribution is 2.43. The monoisotopic (exact) mass is 267 g/mol. The van der Waals surface area contributed by atoms with Crippen LogP contribution in [0.15, 0.2) is 18.2 Å². The molecule has 1 saturated heterocycles. The summed E-state index contributed by atoms with van der Waals surface area (Å²) >= 11 is 0. The molecule has 0 radical (unpaired) electrons. The zero-order chi connectivity index (χ0) is 13.3. The Morgan fingerprint density at radius 2 is 1.89 bits per heavy atom. The third-order valence-corrected chi connectivity index (χ3v) is 4.36. The van der Waals surface area contributed by atoms with Crippen LogP contribution in [0, 0.1) is 11.6 Å². The molecule has 1 saturated carbocycles. The van der Waals surface area contributed by atoms with Crippen LogP contribution in [0.25, 0.3) is 0 Å². The molecule has 3 rings (SSSR count). The fraction of sp³-hybridized carbons (Fsp3) is 0.600. The van der Waals surface area contributed by atoms with Crippen molar-refractivity contribution < 1.29 is 13.5 Å². The van der Waals surface area contributed by atoms with Crippen LogP contribution in [0.4, 0.5) is 8.78 Å². The van der Waals surface area contributed by atoms with Gasteiger partial charge in [0.2, 0.25) is 0 Å². The van der Waals surface area contributed by atoms with Crippen LogP contribution in [0.5, 0.6) is 0 Å². The zero-order valence-electron chi connectivity index (χ0n) is 10.9. The SMILES string of the molecule is Fc1ccc(C2(NC3CCOCC3)CCC2)c(F)c1. The molecule has 0 unspecified atom stereocenters. The number of ether oxygens (including phenoxy) is 1. The van der Waals surface area contributed by atoms with E-state index in [0.717, 1.165) is 51.4 Å². The molecule has 19 heavy (non-hydrogen) atoms. The molecular weight excluding hydrogens is 248 g/mol. The predicted molar refractivity (Wildman–Crippen MR) is 68.9 cm³/mol. The molecule has 0 amide bonds. The van der Waals surface area contributed by atoms with Gasteiger partial charge in [0.15, 0.2) is 0 Å². The Morgan fingerprint density at radius 1 is 1.16 bits per heavy atom. The van der Waals surface area contributed by atoms with Crippen molar-refractivity contribution in [1.29, 1.82) is 0 Å². The topological polar surface area (TPSA) is 21.3 Å². The van der Waals surface area contributed by atoms with E-state index >= 15 is 0 Å². The van der Waals surface area contributed by atoms with Crippen molar-refractivity contribution in [3.8, 4) is 0 Å². The summed E-state index contributed by atoms with van der Waals surface area (Å²) in [6, 6.07) is 4.31. The summed E-state index contributed by atoms with van der Waals surface area (Å²) in [7, 11) is 0. The number of hydrogen-bond donors (Lipinski definition) is 1. The van der Waals surface area contributed by atoms with Gasteiger partial charge in [-0.15, -0.1) is 0 Å². The Hall–Kier alpha value is -1.00. The number of nitrogens with one attached hydrogen (secondary N) is 1. The van der Waals surface area contributed by atoms with E-state index < -0.39 is 11.6 Å². The molecule has 104 valence electrons. The molecule has 1 aliphatic carbocycles. The van der Waals surface area contributed by atoms with Crippen molar-refractivity contribution in [2.75, 3.05) is 13.2 Å². The van der Waals surface area contributed by atoms with E-state index in [9.17, 15) is 8.78 Å². The summed E-state index contributed by atoms with van der Waals surface area (Å²) in [5.41, 5.74) is 0.325. The Kier molecular flexibility index (Phi) is 3.54. The van der Waals surface area contributed by atoms with Crippen molar-refractivity contribution in [1.82, 2.24) is 5.32 Å². The number of benzene rings is 1. The number of rotatable bonds is 3. The lowest BCUT2D eigenvalue weighted by molar-refractivity contribution is 0.0532. The van der Waals surface area contributed by atoms with Crippen molar-refractivity contribution in [3.05, 3.63) is 35.4 Å². The van der Waals surface area contributed by atoms with Gasteiger partial charge in [-0.2, -0.15) is 0 Å². The molecule has 1 N–H and O–H groups in total. The van der Waals surface area contributed by atoms with Crippen molar-refractivity contribution >= 4 is 0 Å². The van der Waals surface area contributed by atoms with Gasteiger partial charge in [0.05, 0.1) is 0 Å². The van der Waals surface area contributed by atoms with Crippen LogP contribution in [0.1, 0.15) is 37.7 Å². The first-order valence-corrected chi connectivity index (χ1v) is 7.01. The van der Waals surface area contributed by atoms with Crippen LogP contribution >= 0.6 is 0 Å². The van der Waals surface area contributed by atoms with Gasteiger partial charge in [0.1, 0.15) is 11.6 Å². The summed E-state index contributed by atoms with van der Waals surface area (Å²) in [5, 5.41) is 3.60. The second-order valence-electron chi connectivity index (χ2n) is 5.59. The summed E-state index contributed by atoms with van der Waals surface area (Å²) in [5.74, 6) is -0.943. The predicted octanol–water partition coefficient (Wildman–Crippen LogP) is 3.11. The van der Waals surface area contributed by atoms with E-state index in [1.807, 2.05) is 0 Å². The van der Waals surface area contributed by atoms with E-state index in [0.29, 0.717) is 11.6 Å². The zero-order valence-corrected chi connectivity index (χ0v) is 10.9. The Labute approximate surface area is 112 Å². The van der Waals surface area contributed by atoms with Crippen molar-refractivity contribution in [3.63, 3.8) is 0 Å². The molecule has 2 fully saturated rings. The first-order chi connectivity index (χ1) is 9.20. The first kappa shape index (κ1) is 13.0. The maximum atomic E-state index is 14.0. The lowest BCUT2D eigenvalue weighted by Crippen LogP contribution is -2.54. The molecule has 4 heteroatoms. The molecule has 0 spiro atoms. The van der Waals surface area contributed by atoms with Crippen LogP contribution in [-0.2, 0) is 10.3 Å². The van der Waals surface area contributed by atoms with Gasteiger partial charge in [-0.1, -0.05) is 6.07 Å². The summed E-state index contributed by atoms with van der Waals surface area (Å²) in [4.78, 5) is 0. The highest BCUT2D eigenvalue weighted by Gasteiger charge is 2.42. The minimum Gasteiger partial charge on any atom is -0.381 e. The van der Waals surface area contributed by atoms with Gasteiger partial charge in [-0.3, -0.25) is 0 Å². The first-order valence-electron chi connectivity index (χ1n) is 7.01. The maximum Gasteiger partial charge on any atom is 0.131 e. The second kappa shape index (κ2) is 5.17. The van der Waals surface area contributed by atoms with Crippen LogP contribution in [0.3, 0.4) is 0 Å². The Bertz CT molecular complexity index is 453. The van der Waals surface area contributed by atoms with E-state index in [1.165, 1.54) is 6.07 Å². The summed E-state index contributed by atoms with van der Waals surface area (Å²) in [6.45, 7) is 1.53. The fourth-order valence-corrected chi connectivity index (χ4v) is 3.13. The number of hydrogen-bond acceptors (Lipinski definition) is 2. The van der Waals surface area contributed by atoms with Gasteiger partial charge in [-0.05, 0) is 38.2 Å². The van der Waals surface area contributed by atoms with Gasteiger partial charge < -0.3 is 10.1 Å². The fourth-order valence-electron chi connectivity index (χ4n) is 3.13. The molecule has 0 bridgehead atoms. The molecule has 1 heterocycles. The average Bonchev–Trinajstić information content (AvgIpc) is 2.36. The highest BCUT2D eigenvalue weighted by atomic mass is 19.1. The molecule has 2 aliphatic rings. The van der Waals surface area contributed by atoms with Crippen LogP contribution in [-0.4, -0.2) is 19.3 Å².